The normalized spacial score (nSPS) is 17.3. The first kappa shape index (κ1) is 31.2. The highest BCUT2D eigenvalue weighted by Crippen LogP contribution is 2.49. The number of phenols is 3. The molecule has 12 rings (SSSR count). The van der Waals surface area contributed by atoms with Gasteiger partial charge in [-0.2, -0.15) is 0 Å². The van der Waals surface area contributed by atoms with Crippen LogP contribution in [0.5, 0.6) is 57.5 Å². The van der Waals surface area contributed by atoms with Gasteiger partial charge < -0.3 is 39.0 Å². The summed E-state index contributed by atoms with van der Waals surface area (Å²) < 4.78 is 26.8. The first-order valence-electron chi connectivity index (χ1n) is 14.7. The zero-order valence-electron chi connectivity index (χ0n) is 25.8. The van der Waals surface area contributed by atoms with E-state index in [4.69, 9.17) is 33.5 Å². The van der Waals surface area contributed by atoms with Crippen LogP contribution in [0, 0.1) is 11.8 Å². The van der Waals surface area contributed by atoms with Crippen molar-refractivity contribution in [2.45, 2.75) is 12.8 Å². The van der Waals surface area contributed by atoms with E-state index in [1.807, 2.05) is 30.3 Å². The summed E-state index contributed by atoms with van der Waals surface area (Å²) >= 11 is 0. The quantitative estimate of drug-likeness (QED) is 0.248. The maximum Gasteiger partial charge on any atom is 0.228 e. The van der Waals surface area contributed by atoms with Gasteiger partial charge in [-0.1, -0.05) is 36.4 Å². The van der Waals surface area contributed by atoms with Gasteiger partial charge in [-0.05, 0) is 36.1 Å². The van der Waals surface area contributed by atoms with Gasteiger partial charge in [0.1, 0.15) is 22.6 Å². The number of rotatable bonds is 5. The van der Waals surface area contributed by atoms with E-state index in [9.17, 15) is 24.9 Å². The van der Waals surface area contributed by atoms with E-state index in [2.05, 4.69) is 0 Å². The van der Waals surface area contributed by atoms with Gasteiger partial charge >= 0.3 is 0 Å². The van der Waals surface area contributed by atoms with Crippen molar-refractivity contribution in [3.05, 3.63) is 82.9 Å². The number of methoxy groups -OCH3 is 3. The van der Waals surface area contributed by atoms with Crippen molar-refractivity contribution in [2.24, 2.45) is 11.8 Å². The number of ether oxygens (including phenoxy) is 5. The Morgan fingerprint density at radius 2 is 1.36 bits per heavy atom. The van der Waals surface area contributed by atoms with Crippen molar-refractivity contribution in [1.29, 1.82) is 0 Å². The minimum atomic E-state index is -0.480. The summed E-state index contributed by atoms with van der Waals surface area (Å²) in [6.45, 7) is 0.441. The lowest BCUT2D eigenvalue weighted by atomic mass is 9.89. The molecule has 0 radical (unpaired) electrons. The molecule has 8 aliphatic rings. The van der Waals surface area contributed by atoms with Crippen LogP contribution in [0.4, 0.5) is 0 Å². The van der Waals surface area contributed by atoms with Gasteiger partial charge in [0.05, 0.1) is 46.4 Å². The number of carbonyl (C=O) groups excluding carboxylic acids is 2. The molecule has 0 amide bonds. The monoisotopic (exact) mass is 644 g/mol. The molecule has 0 fully saturated rings. The van der Waals surface area contributed by atoms with Crippen molar-refractivity contribution in [1.82, 2.24) is 0 Å². The van der Waals surface area contributed by atoms with Crippen LogP contribution in [0.3, 0.4) is 0 Å². The second kappa shape index (κ2) is 12.9. The van der Waals surface area contributed by atoms with Crippen LogP contribution in [-0.2, 0) is 12.8 Å². The highest BCUT2D eigenvalue weighted by Gasteiger charge is 2.36. The minimum Gasteiger partial charge on any atom is -0.504 e. The van der Waals surface area contributed by atoms with E-state index in [1.165, 1.54) is 33.5 Å². The lowest BCUT2D eigenvalue weighted by Crippen LogP contribution is -2.29. The van der Waals surface area contributed by atoms with Crippen LogP contribution in [0.1, 0.15) is 31.8 Å². The van der Waals surface area contributed by atoms with Crippen molar-refractivity contribution in [3.63, 3.8) is 0 Å². The maximum atomic E-state index is 12.8. The Labute approximate surface area is 269 Å². The minimum absolute atomic E-state index is 0.0303. The fourth-order valence-electron chi connectivity index (χ4n) is 5.80. The largest absolute Gasteiger partial charge is 0.504 e. The van der Waals surface area contributed by atoms with Crippen molar-refractivity contribution >= 4 is 11.6 Å². The number of phenolic OH excluding ortho intramolecular Hbond substituents is 3. The third-order valence-corrected chi connectivity index (χ3v) is 8.16. The van der Waals surface area contributed by atoms with Gasteiger partial charge in [0.15, 0.2) is 34.6 Å². The average molecular weight is 645 g/mol. The number of fused-ring (bicyclic) bond motifs is 1. The van der Waals surface area contributed by atoms with Gasteiger partial charge in [-0.3, -0.25) is 19.4 Å². The fraction of sp³-hybridized carbons (Fsp3) is 0.257. The van der Waals surface area contributed by atoms with Crippen LogP contribution in [0.2, 0.25) is 0 Å². The standard InChI is InChI=1S/C18H18O5.C17H14O7/c1-21-14-9-13-15(17(20)18(14)22-2)16(19)12(10-23-13)8-11-6-4-3-5-7-11;1-21-17-13-6-12-14(16(17)20)15(19)9(7-22-12)4-8-2-3-11(23-24-13)10(18)5-8/h3-7,9,12,20H,8,10H2,1-2H3;2-3,5-6,9,18,20H,4,7H2,1H3. The van der Waals surface area contributed by atoms with Gasteiger partial charge in [-0.25, -0.2) is 0 Å². The highest BCUT2D eigenvalue weighted by molar-refractivity contribution is 6.05. The van der Waals surface area contributed by atoms with E-state index < -0.39 is 5.92 Å². The van der Waals surface area contributed by atoms with Crippen molar-refractivity contribution in [3.8, 4) is 57.5 Å². The molecule has 8 heterocycles. The average Bonchev–Trinajstić information content (AvgIpc) is 3.10. The van der Waals surface area contributed by atoms with Gasteiger partial charge in [0, 0.05) is 12.1 Å². The summed E-state index contributed by atoms with van der Waals surface area (Å²) in [6, 6.07) is 17.5. The number of hydrogen-bond acceptors (Lipinski definition) is 12. The molecular formula is C35H32O12. The van der Waals surface area contributed by atoms with E-state index in [1.54, 1.807) is 18.2 Å². The molecule has 47 heavy (non-hydrogen) atoms. The van der Waals surface area contributed by atoms with Crippen LogP contribution >= 0.6 is 0 Å². The van der Waals surface area contributed by atoms with Gasteiger partial charge in [0.25, 0.3) is 0 Å². The number of benzene rings is 4. The van der Waals surface area contributed by atoms with Crippen LogP contribution in [0.15, 0.2) is 60.7 Å². The predicted molar refractivity (Wildman–Crippen MR) is 166 cm³/mol. The first-order valence-corrected chi connectivity index (χ1v) is 14.7. The zero-order chi connectivity index (χ0) is 33.2. The van der Waals surface area contributed by atoms with E-state index in [0.717, 1.165) is 11.1 Å². The van der Waals surface area contributed by atoms with Gasteiger partial charge in [-0.15, -0.1) is 0 Å². The Balaban J connectivity index is 0.000000165. The molecule has 0 saturated heterocycles. The molecular weight excluding hydrogens is 612 g/mol. The Morgan fingerprint density at radius 1 is 0.702 bits per heavy atom. The molecule has 2 atom stereocenters. The second-order valence-electron chi connectivity index (χ2n) is 11.1. The topological polar surface area (TPSA) is 159 Å². The zero-order valence-corrected chi connectivity index (χ0v) is 25.8. The molecule has 12 nitrogen and oxygen atoms in total. The molecule has 0 aliphatic carbocycles. The summed E-state index contributed by atoms with van der Waals surface area (Å²) in [7, 11) is 4.22. The Bertz CT molecular complexity index is 1830. The molecule has 3 N–H and O–H groups in total. The SMILES string of the molecule is COc1c2cc3c(c1O)C(=O)C(CO3)Cc1ccc(c(O)c1)OO2.COc1cc2c(c(O)c1OC)C(=O)C(Cc1ccccc1)CO2. The Morgan fingerprint density at radius 3 is 2.06 bits per heavy atom. The molecule has 4 aromatic rings. The summed E-state index contributed by atoms with van der Waals surface area (Å²) in [5.41, 5.74) is 2.02. The highest BCUT2D eigenvalue weighted by atomic mass is 17.2. The maximum absolute atomic E-state index is 12.8. The number of ketones is 2. The predicted octanol–water partition coefficient (Wildman–Crippen LogP) is 5.07. The van der Waals surface area contributed by atoms with E-state index in [-0.39, 0.29) is 87.8 Å². The molecule has 0 aromatic heterocycles. The lowest BCUT2D eigenvalue weighted by Gasteiger charge is -2.26. The van der Waals surface area contributed by atoms with Crippen molar-refractivity contribution in [2.75, 3.05) is 34.5 Å². The van der Waals surface area contributed by atoms with Crippen molar-refractivity contribution < 1.29 is 58.4 Å². The summed E-state index contributed by atoms with van der Waals surface area (Å²) in [5.74, 6) is -0.804. The lowest BCUT2D eigenvalue weighted by molar-refractivity contribution is -0.103. The molecule has 244 valence electrons. The summed E-state index contributed by atoms with van der Waals surface area (Å²) in [4.78, 5) is 35.9. The third kappa shape index (κ3) is 5.85. The van der Waals surface area contributed by atoms with E-state index >= 15 is 0 Å². The molecule has 12 heteroatoms. The molecule has 0 spiro atoms. The fourth-order valence-corrected chi connectivity index (χ4v) is 5.80. The molecule has 4 aromatic carbocycles. The Hall–Kier alpha value is -5.78. The molecule has 8 aliphatic heterocycles. The number of aromatic hydroxyl groups is 3. The molecule has 6 bridgehead atoms. The number of hydrogen-bond donors (Lipinski definition) is 3. The number of Topliss-reactive ketones (excluding diaryl/α,β-unsaturated/α-hetero) is 2. The van der Waals surface area contributed by atoms with E-state index in [0.29, 0.717) is 24.3 Å². The van der Waals surface area contributed by atoms with Gasteiger partial charge in [0.2, 0.25) is 23.0 Å². The van der Waals surface area contributed by atoms with Crippen LogP contribution in [0.25, 0.3) is 0 Å². The first-order chi connectivity index (χ1) is 22.7. The third-order valence-electron chi connectivity index (χ3n) is 8.16. The molecule has 0 saturated carbocycles. The second-order valence-corrected chi connectivity index (χ2v) is 11.1. The number of carbonyl (C=O) groups is 2. The van der Waals surface area contributed by atoms with Crippen LogP contribution < -0.4 is 33.5 Å². The summed E-state index contributed by atoms with van der Waals surface area (Å²) in [5, 5.41) is 30.9. The molecule has 2 unspecified atom stereocenters. The summed E-state index contributed by atoms with van der Waals surface area (Å²) in [6.07, 6.45) is 0.920. The Kier molecular flexibility index (Phi) is 8.57. The smallest absolute Gasteiger partial charge is 0.228 e. The van der Waals surface area contributed by atoms with Crippen LogP contribution in [-0.4, -0.2) is 61.4 Å².